The van der Waals surface area contributed by atoms with E-state index < -0.39 is 21.9 Å². The molecular formula is C56H59N19OS2. The number of thioether (sulfide) groups is 1. The highest BCUT2D eigenvalue weighted by Gasteiger charge is 2.33. The Labute approximate surface area is 461 Å². The van der Waals surface area contributed by atoms with Crippen molar-refractivity contribution in [3.63, 3.8) is 0 Å². The zero-order chi connectivity index (χ0) is 56.9. The molecule has 0 atom stereocenters. The summed E-state index contributed by atoms with van der Waals surface area (Å²) in [5.41, 5.74) is 8.71. The summed E-state index contributed by atoms with van der Waals surface area (Å²) in [6, 6.07) is 15.7. The van der Waals surface area contributed by atoms with Gasteiger partial charge in [0.1, 0.15) is 23.1 Å². The van der Waals surface area contributed by atoms with Crippen LogP contribution in [0.3, 0.4) is 0 Å². The normalized spacial score (nSPS) is 12.0. The number of pyridine rings is 1. The lowest BCUT2D eigenvalue weighted by molar-refractivity contribution is 0.558. The Kier molecular flexibility index (Phi) is 14.9. The second-order valence-electron chi connectivity index (χ2n) is 22.0. The van der Waals surface area contributed by atoms with Crippen molar-refractivity contribution < 1.29 is 0 Å². The molecule has 0 bridgehead atoms. The molecule has 22 heteroatoms. The molecule has 8 aromatic rings. The summed E-state index contributed by atoms with van der Waals surface area (Å²) in [6.07, 6.45) is 7.51. The monoisotopic (exact) mass is 1080 g/mol. The van der Waals surface area contributed by atoms with Gasteiger partial charge in [0.05, 0.1) is 29.3 Å². The maximum atomic E-state index is 13.2. The number of hydrogen-bond donors (Lipinski definition) is 2. The Hall–Kier alpha value is -8.83. The van der Waals surface area contributed by atoms with Gasteiger partial charge in [-0.3, -0.25) is 4.90 Å². The Morgan fingerprint density at radius 3 is 1.85 bits per heavy atom. The minimum Gasteiger partial charge on any atom is -0.338 e. The molecule has 2 N–H and O–H groups in total. The highest BCUT2D eigenvalue weighted by Crippen LogP contribution is 2.45. The third-order valence-corrected chi connectivity index (χ3v) is 13.8. The Bertz CT molecular complexity index is 4010. The van der Waals surface area contributed by atoms with Crippen molar-refractivity contribution in [1.82, 2.24) is 54.3 Å². The van der Waals surface area contributed by atoms with Crippen LogP contribution >= 0.6 is 23.1 Å². The lowest BCUT2D eigenvalue weighted by atomic mass is 9.90. The van der Waals surface area contributed by atoms with E-state index in [-0.39, 0.29) is 44.5 Å². The number of azo groups is 2. The first-order valence-electron chi connectivity index (χ1n) is 24.7. The molecule has 0 aliphatic carbocycles. The van der Waals surface area contributed by atoms with Crippen LogP contribution in [0.5, 0.6) is 0 Å². The smallest absolute Gasteiger partial charge is 0.338 e. The Morgan fingerprint density at radius 1 is 0.744 bits per heavy atom. The maximum absolute atomic E-state index is 13.2. The first kappa shape index (κ1) is 55.4. The van der Waals surface area contributed by atoms with Gasteiger partial charge < -0.3 is 10.3 Å². The number of nitrogens with zero attached hydrogens (tertiary/aromatic N) is 17. The van der Waals surface area contributed by atoms with Gasteiger partial charge in [0.25, 0.3) is 5.69 Å². The van der Waals surface area contributed by atoms with Crippen molar-refractivity contribution in [3.8, 4) is 40.6 Å². The van der Waals surface area contributed by atoms with Crippen LogP contribution < -0.4 is 15.9 Å². The third kappa shape index (κ3) is 10.7. The van der Waals surface area contributed by atoms with E-state index in [1.165, 1.54) is 21.1 Å². The fourth-order valence-corrected chi connectivity index (χ4v) is 10.1. The number of nitriles is 1. The van der Waals surface area contributed by atoms with Gasteiger partial charge in [-0.15, -0.1) is 37.1 Å². The van der Waals surface area contributed by atoms with Crippen LogP contribution in [0.4, 0.5) is 51.7 Å². The first-order valence-corrected chi connectivity index (χ1v) is 26.7. The lowest BCUT2D eigenvalue weighted by Gasteiger charge is -2.24. The molecule has 0 saturated heterocycles. The Balaban J connectivity index is 1.31. The number of benzene rings is 2. The number of H-pyrrole nitrogens is 1. The molecule has 0 spiro atoms. The third-order valence-electron chi connectivity index (χ3n) is 12.4. The molecule has 0 fully saturated rings. The molecule has 6 aromatic heterocycles. The van der Waals surface area contributed by atoms with Crippen molar-refractivity contribution in [1.29, 1.82) is 5.26 Å². The molecule has 8 rings (SSSR count). The molecule has 2 aromatic carbocycles. The number of aromatic amines is 1. The number of rotatable bonds is 11. The topological polar surface area (TPSA) is 230 Å². The Morgan fingerprint density at radius 2 is 1.29 bits per heavy atom. The fraction of sp³-hybridized carbons (Fsp3) is 0.357. The van der Waals surface area contributed by atoms with Crippen LogP contribution in [0, 0.1) is 90.7 Å². The molecule has 20 nitrogen and oxygen atoms in total. The molecule has 0 aliphatic rings. The van der Waals surface area contributed by atoms with E-state index in [2.05, 4.69) is 83.6 Å². The summed E-state index contributed by atoms with van der Waals surface area (Å²) in [4.78, 5) is 31.3. The molecule has 0 amide bonds. The minimum atomic E-state index is -0.641. The van der Waals surface area contributed by atoms with Crippen molar-refractivity contribution >= 4 is 80.5 Å². The van der Waals surface area contributed by atoms with Gasteiger partial charge in [-0.05, 0) is 99.9 Å². The number of hydrogen-bond acceptors (Lipinski definition) is 17. The van der Waals surface area contributed by atoms with Gasteiger partial charge in [0, 0.05) is 28.5 Å². The van der Waals surface area contributed by atoms with E-state index in [1.807, 2.05) is 117 Å². The maximum Gasteiger partial charge on any atom is 0.372 e. The molecule has 0 saturated carbocycles. The molecule has 78 heavy (non-hydrogen) atoms. The van der Waals surface area contributed by atoms with Crippen molar-refractivity contribution in [2.24, 2.45) is 20.5 Å². The predicted octanol–water partition coefficient (Wildman–Crippen LogP) is 13.5. The van der Waals surface area contributed by atoms with Gasteiger partial charge >= 0.3 is 5.69 Å². The highest BCUT2D eigenvalue weighted by molar-refractivity contribution is 7.98. The molecule has 396 valence electrons. The average molecular weight is 1080 g/mol. The van der Waals surface area contributed by atoms with Crippen molar-refractivity contribution in [3.05, 3.63) is 114 Å². The predicted molar refractivity (Wildman–Crippen MR) is 307 cm³/mol. The van der Waals surface area contributed by atoms with Gasteiger partial charge in [-0.2, -0.15) is 39.4 Å². The second-order valence-corrected chi connectivity index (χ2v) is 23.7. The SMILES string of the molecule is [C-]#[N+]c1c(C(C)(C)C)nn(-c2nnc(-n3nc(C(C)(C)C)c(C#N)c3N=Nc3c(C)cc(N(C#CC#C)c4c(C)cc(C)cc4C)nc3Nc3c(C)cc(C)cc3C)s2)c1N=Nc1c(C(C)(C)C)nn2c(=O)nc(SC)[nH]c12. The number of terminal acetylenes is 1. The van der Waals surface area contributed by atoms with Gasteiger partial charge in [0.15, 0.2) is 33.9 Å². The second kappa shape index (κ2) is 20.9. The van der Waals surface area contributed by atoms with E-state index in [4.69, 9.17) is 48.6 Å². The summed E-state index contributed by atoms with van der Waals surface area (Å²) < 4.78 is 4.02. The summed E-state index contributed by atoms with van der Waals surface area (Å²) >= 11 is 2.33. The van der Waals surface area contributed by atoms with Crippen LogP contribution in [0.15, 0.2) is 60.7 Å². The van der Waals surface area contributed by atoms with Crippen LogP contribution in [0.1, 0.15) is 124 Å². The number of aromatic nitrogens is 11. The fourth-order valence-electron chi connectivity index (χ4n) is 9.00. The number of anilines is 4. The van der Waals surface area contributed by atoms with Gasteiger partial charge in [-0.1, -0.05) is 121 Å². The summed E-state index contributed by atoms with van der Waals surface area (Å²) in [6.45, 7) is 40.0. The standard InChI is InChI=1S/C56H59N19OS2/c1-20-21-22-72(42-34(7)25-30(3)26-35(42)8)37-27-33(6)39(46(59-37)60-38-31(4)23-29(2)24-32(38)5)63-65-47-36(28-57)43(54(9,10)11)69-74(47)52-67-68-53(78-52)75-49(40(58-18)44(71-75)55(12,13)14)66-64-41-45(56(15,16)17)70-73-48(41)61-50(77-19)62-51(73)76/h1,23-27H,2-17,19H3,(H,59,60)(H,61,62,76). The van der Waals surface area contributed by atoms with E-state index in [0.717, 1.165) is 60.6 Å². The van der Waals surface area contributed by atoms with E-state index in [9.17, 15) is 10.1 Å². The molecule has 0 radical (unpaired) electrons. The molecule has 0 unspecified atom stereocenters. The van der Waals surface area contributed by atoms with Gasteiger partial charge in [-0.25, -0.2) is 14.6 Å². The largest absolute Gasteiger partial charge is 0.372 e. The number of aryl methyl sites for hydroxylation is 7. The van der Waals surface area contributed by atoms with E-state index >= 15 is 0 Å². The zero-order valence-electron chi connectivity index (χ0n) is 46.8. The van der Waals surface area contributed by atoms with Crippen LogP contribution in [0.25, 0.3) is 20.8 Å². The van der Waals surface area contributed by atoms with Crippen molar-refractivity contribution in [2.45, 2.75) is 132 Å². The average Bonchev–Trinajstić information content (AvgIpc) is 4.15. The molecule has 0 aliphatic heterocycles. The first-order chi connectivity index (χ1) is 36.7. The van der Waals surface area contributed by atoms with Crippen LogP contribution in [0.2, 0.25) is 0 Å². The quantitative estimate of drug-likeness (QED) is 0.0405. The van der Waals surface area contributed by atoms with E-state index in [0.29, 0.717) is 45.1 Å². The minimum absolute atomic E-state index is 0.0637. The van der Waals surface area contributed by atoms with Crippen LogP contribution in [-0.2, 0) is 16.2 Å². The number of fused-ring (bicyclic) bond motifs is 1. The lowest BCUT2D eigenvalue weighted by Crippen LogP contribution is -2.20. The van der Waals surface area contributed by atoms with E-state index in [1.54, 1.807) is 11.2 Å². The summed E-state index contributed by atoms with van der Waals surface area (Å²) in [5.74, 6) is 6.27. The van der Waals surface area contributed by atoms with Gasteiger partial charge in [0.2, 0.25) is 10.3 Å². The van der Waals surface area contributed by atoms with Crippen molar-refractivity contribution in [2.75, 3.05) is 16.5 Å². The zero-order valence-corrected chi connectivity index (χ0v) is 48.4. The summed E-state index contributed by atoms with van der Waals surface area (Å²) in [5, 5.41) is 58.2. The van der Waals surface area contributed by atoms with Crippen LogP contribution in [-0.4, -0.2) is 60.6 Å². The number of nitrogens with one attached hydrogen (secondary N) is 2. The molecular weight excluding hydrogens is 1020 g/mol. The highest BCUT2D eigenvalue weighted by atomic mass is 32.2. The summed E-state index contributed by atoms with van der Waals surface area (Å²) in [7, 11) is 0. The molecule has 6 heterocycles.